The summed E-state index contributed by atoms with van der Waals surface area (Å²) in [6.07, 6.45) is 0.322. The molecule has 2 heterocycles. The highest BCUT2D eigenvalue weighted by atomic mass is 32.2. The number of benzene rings is 1. The molecule has 1 unspecified atom stereocenters. The first-order valence-corrected chi connectivity index (χ1v) is 10.7. The van der Waals surface area contributed by atoms with Crippen LogP contribution >= 0.6 is 11.3 Å². The molecular weight excluding hydrogens is 376 g/mol. The number of nitrogens with zero attached hydrogens (tertiary/aromatic N) is 2. The van der Waals surface area contributed by atoms with Crippen molar-refractivity contribution >= 4 is 32.8 Å². The van der Waals surface area contributed by atoms with Crippen LogP contribution in [-0.2, 0) is 9.84 Å². The van der Waals surface area contributed by atoms with Crippen LogP contribution in [0.4, 0.5) is 5.69 Å². The third kappa shape index (κ3) is 3.49. The first-order chi connectivity index (χ1) is 12.3. The van der Waals surface area contributed by atoms with Gasteiger partial charge in [-0.05, 0) is 30.9 Å². The van der Waals surface area contributed by atoms with Gasteiger partial charge < -0.3 is 4.90 Å². The SMILES string of the molecule is Cc1c(C(=O)N2CCC(c3cccs3)S(=O)(=O)CC2)cccc1[N+](=O)[O-]. The Balaban J connectivity index is 1.87. The number of carbonyl (C=O) groups is 1. The molecule has 1 aromatic carbocycles. The van der Waals surface area contributed by atoms with E-state index in [0.717, 1.165) is 4.88 Å². The quantitative estimate of drug-likeness (QED) is 0.589. The maximum absolute atomic E-state index is 12.9. The van der Waals surface area contributed by atoms with Gasteiger partial charge in [0, 0.05) is 35.2 Å². The summed E-state index contributed by atoms with van der Waals surface area (Å²) in [6, 6.07) is 7.98. The molecule has 0 aliphatic carbocycles. The standard InChI is InChI=1S/C17H18N2O5S2/c1-12-13(4-2-5-14(12)19(21)22)17(20)18-8-7-16(15-6-3-10-25-15)26(23,24)11-9-18/h2-6,10,16H,7-9,11H2,1H3. The lowest BCUT2D eigenvalue weighted by atomic mass is 10.1. The third-order valence-corrected chi connectivity index (χ3v) is 7.86. The molecule has 1 aliphatic heterocycles. The van der Waals surface area contributed by atoms with Gasteiger partial charge in [-0.15, -0.1) is 11.3 Å². The van der Waals surface area contributed by atoms with E-state index in [-0.39, 0.29) is 29.5 Å². The van der Waals surface area contributed by atoms with Crippen molar-refractivity contribution in [2.24, 2.45) is 0 Å². The molecule has 0 bridgehead atoms. The molecule has 0 saturated carbocycles. The highest BCUT2D eigenvalue weighted by molar-refractivity contribution is 7.91. The van der Waals surface area contributed by atoms with Crippen LogP contribution < -0.4 is 0 Å². The van der Waals surface area contributed by atoms with E-state index < -0.39 is 20.0 Å². The van der Waals surface area contributed by atoms with Crippen LogP contribution in [0.25, 0.3) is 0 Å². The van der Waals surface area contributed by atoms with Crippen molar-refractivity contribution < 1.29 is 18.1 Å². The molecule has 3 rings (SSSR count). The number of nitro benzene ring substituents is 1. The van der Waals surface area contributed by atoms with Crippen molar-refractivity contribution in [3.05, 3.63) is 61.8 Å². The van der Waals surface area contributed by atoms with Gasteiger partial charge in [0.25, 0.3) is 11.6 Å². The molecule has 26 heavy (non-hydrogen) atoms. The van der Waals surface area contributed by atoms with E-state index in [0.29, 0.717) is 18.5 Å². The van der Waals surface area contributed by atoms with E-state index in [4.69, 9.17) is 0 Å². The first kappa shape index (κ1) is 18.5. The van der Waals surface area contributed by atoms with E-state index >= 15 is 0 Å². The molecule has 1 saturated heterocycles. The molecule has 0 spiro atoms. The molecule has 1 aliphatic rings. The van der Waals surface area contributed by atoms with E-state index in [2.05, 4.69) is 0 Å². The first-order valence-electron chi connectivity index (χ1n) is 8.09. The van der Waals surface area contributed by atoms with E-state index in [1.165, 1.54) is 35.3 Å². The van der Waals surface area contributed by atoms with Gasteiger partial charge in [-0.2, -0.15) is 0 Å². The van der Waals surface area contributed by atoms with Crippen LogP contribution in [0.15, 0.2) is 35.7 Å². The second kappa shape index (κ2) is 7.16. The molecule has 0 N–H and O–H groups in total. The normalized spacial score (nSPS) is 19.7. The summed E-state index contributed by atoms with van der Waals surface area (Å²) in [6.45, 7) is 1.92. The summed E-state index contributed by atoms with van der Waals surface area (Å²) < 4.78 is 25.2. The zero-order chi connectivity index (χ0) is 18.9. The van der Waals surface area contributed by atoms with Gasteiger partial charge in [-0.1, -0.05) is 12.1 Å². The van der Waals surface area contributed by atoms with Crippen molar-refractivity contribution in [2.75, 3.05) is 18.8 Å². The highest BCUT2D eigenvalue weighted by Crippen LogP contribution is 2.33. The molecule has 9 heteroatoms. The van der Waals surface area contributed by atoms with Gasteiger partial charge in [0.05, 0.1) is 15.9 Å². The third-order valence-electron chi connectivity index (χ3n) is 4.62. The van der Waals surface area contributed by atoms with E-state index in [1.807, 2.05) is 11.4 Å². The van der Waals surface area contributed by atoms with Crippen LogP contribution in [-0.4, -0.2) is 43.0 Å². The van der Waals surface area contributed by atoms with Crippen molar-refractivity contribution in [1.29, 1.82) is 0 Å². The van der Waals surface area contributed by atoms with Crippen molar-refractivity contribution in [1.82, 2.24) is 4.90 Å². The number of sulfone groups is 1. The van der Waals surface area contributed by atoms with Gasteiger partial charge in [0.2, 0.25) is 0 Å². The summed E-state index contributed by atoms with van der Waals surface area (Å²) in [5.74, 6) is -0.483. The Labute approximate surface area is 155 Å². The summed E-state index contributed by atoms with van der Waals surface area (Å²) in [4.78, 5) is 25.7. The Morgan fingerprint density at radius 3 is 2.69 bits per heavy atom. The number of rotatable bonds is 3. The number of hydrogen-bond acceptors (Lipinski definition) is 6. The zero-order valence-corrected chi connectivity index (χ0v) is 15.8. The Bertz CT molecular complexity index is 938. The van der Waals surface area contributed by atoms with Gasteiger partial charge >= 0.3 is 0 Å². The molecule has 2 aromatic rings. The topological polar surface area (TPSA) is 97.6 Å². The molecule has 7 nitrogen and oxygen atoms in total. The van der Waals surface area contributed by atoms with Crippen LogP contribution in [0.2, 0.25) is 0 Å². The highest BCUT2D eigenvalue weighted by Gasteiger charge is 2.34. The number of thiophene rings is 1. The van der Waals surface area contributed by atoms with Crippen LogP contribution in [0.1, 0.15) is 32.5 Å². The lowest BCUT2D eigenvalue weighted by molar-refractivity contribution is -0.385. The number of carbonyl (C=O) groups excluding carboxylic acids is 1. The second-order valence-electron chi connectivity index (χ2n) is 6.16. The minimum absolute atomic E-state index is 0.0885. The molecule has 1 amide bonds. The molecule has 1 aromatic heterocycles. The van der Waals surface area contributed by atoms with Crippen molar-refractivity contribution in [3.63, 3.8) is 0 Å². The lowest BCUT2D eigenvalue weighted by Crippen LogP contribution is -2.34. The number of hydrogen-bond donors (Lipinski definition) is 0. The van der Waals surface area contributed by atoms with Gasteiger partial charge in [-0.25, -0.2) is 8.42 Å². The fraction of sp³-hybridized carbons (Fsp3) is 0.353. The minimum atomic E-state index is -3.36. The summed E-state index contributed by atoms with van der Waals surface area (Å²) in [5, 5.41) is 12.3. The molecule has 1 fully saturated rings. The Morgan fingerprint density at radius 1 is 1.27 bits per heavy atom. The fourth-order valence-electron chi connectivity index (χ4n) is 3.16. The summed E-state index contributed by atoms with van der Waals surface area (Å²) in [7, 11) is -3.36. The van der Waals surface area contributed by atoms with Gasteiger partial charge in [0.1, 0.15) is 0 Å². The Kier molecular flexibility index (Phi) is 5.10. The largest absolute Gasteiger partial charge is 0.338 e. The van der Waals surface area contributed by atoms with Gasteiger partial charge in [0.15, 0.2) is 9.84 Å². The minimum Gasteiger partial charge on any atom is -0.338 e. The summed E-state index contributed by atoms with van der Waals surface area (Å²) in [5.41, 5.74) is 0.422. The smallest absolute Gasteiger partial charge is 0.273 e. The monoisotopic (exact) mass is 394 g/mol. The Morgan fingerprint density at radius 2 is 2.04 bits per heavy atom. The average Bonchev–Trinajstić information content (AvgIpc) is 3.05. The van der Waals surface area contributed by atoms with Crippen molar-refractivity contribution in [3.8, 4) is 0 Å². The molecular formula is C17H18N2O5S2. The molecule has 1 atom stereocenters. The van der Waals surface area contributed by atoms with Crippen molar-refractivity contribution in [2.45, 2.75) is 18.6 Å². The second-order valence-corrected chi connectivity index (χ2v) is 9.44. The summed E-state index contributed by atoms with van der Waals surface area (Å²) >= 11 is 1.40. The average molecular weight is 394 g/mol. The van der Waals surface area contributed by atoms with E-state index in [9.17, 15) is 23.3 Å². The van der Waals surface area contributed by atoms with Crippen LogP contribution in [0.3, 0.4) is 0 Å². The lowest BCUT2D eigenvalue weighted by Gasteiger charge is -2.20. The fourth-order valence-corrected chi connectivity index (χ4v) is 6.17. The molecule has 138 valence electrons. The zero-order valence-electron chi connectivity index (χ0n) is 14.1. The van der Waals surface area contributed by atoms with Gasteiger partial charge in [-0.3, -0.25) is 14.9 Å². The molecule has 0 radical (unpaired) electrons. The predicted octanol–water partition coefficient (Wildman–Crippen LogP) is 2.97. The Hall–Kier alpha value is -2.26. The maximum atomic E-state index is 12.9. The van der Waals surface area contributed by atoms with Crippen LogP contribution in [0.5, 0.6) is 0 Å². The van der Waals surface area contributed by atoms with Crippen LogP contribution in [0, 0.1) is 17.0 Å². The predicted molar refractivity (Wildman–Crippen MR) is 99.2 cm³/mol. The van der Waals surface area contributed by atoms with E-state index in [1.54, 1.807) is 12.1 Å². The maximum Gasteiger partial charge on any atom is 0.273 e. The number of nitro groups is 1. The number of amides is 1.